The van der Waals surface area contributed by atoms with Crippen molar-refractivity contribution in [2.45, 2.75) is 0 Å². The van der Waals surface area contributed by atoms with E-state index >= 15 is 0 Å². The van der Waals surface area contributed by atoms with Crippen LogP contribution in [-0.2, 0) is 0 Å². The zero-order chi connectivity index (χ0) is 5.98. The summed E-state index contributed by atoms with van der Waals surface area (Å²) >= 11 is 1.67. The SMILES string of the molecule is C=C1[B][B]S[B]N1C. The predicted octanol–water partition coefficient (Wildman–Crippen LogP) is -0.0912. The first-order valence-corrected chi connectivity index (χ1v) is 3.32. The molecule has 0 spiro atoms. The average Bonchev–Trinajstić information content (AvgIpc) is 1.77. The van der Waals surface area contributed by atoms with Crippen molar-refractivity contribution < 1.29 is 0 Å². The van der Waals surface area contributed by atoms with Gasteiger partial charge in [-0.1, -0.05) is 12.2 Å². The Labute approximate surface area is 56.4 Å². The van der Waals surface area contributed by atoms with Crippen LogP contribution in [0.2, 0.25) is 0 Å². The summed E-state index contributed by atoms with van der Waals surface area (Å²) < 4.78 is 0. The molecule has 0 aromatic heterocycles. The van der Waals surface area contributed by atoms with E-state index in [1.165, 1.54) is 0 Å². The van der Waals surface area contributed by atoms with Crippen molar-refractivity contribution in [2.75, 3.05) is 7.05 Å². The molecule has 0 atom stereocenters. The third-order valence-corrected chi connectivity index (χ3v) is 1.74. The Morgan fingerprint density at radius 2 is 2.50 bits per heavy atom. The van der Waals surface area contributed by atoms with Gasteiger partial charge in [-0.2, -0.15) is 0 Å². The molecule has 1 saturated heterocycles. The molecule has 8 heavy (non-hydrogen) atoms. The van der Waals surface area contributed by atoms with Crippen molar-refractivity contribution >= 4 is 31.8 Å². The molecule has 1 aliphatic heterocycles. The van der Waals surface area contributed by atoms with E-state index in [4.69, 9.17) is 0 Å². The molecule has 0 saturated carbocycles. The number of hydrogen-bond donors (Lipinski definition) is 0. The maximum atomic E-state index is 3.79. The average molecular weight is 120 g/mol. The lowest BCUT2D eigenvalue weighted by molar-refractivity contribution is 0.725. The third kappa shape index (κ3) is 1.28. The zero-order valence-corrected chi connectivity index (χ0v) is 5.61. The van der Waals surface area contributed by atoms with Gasteiger partial charge < -0.3 is 4.81 Å². The minimum absolute atomic E-state index is 1.05. The van der Waals surface area contributed by atoms with Crippen molar-refractivity contribution in [3.8, 4) is 0 Å². The van der Waals surface area contributed by atoms with Crippen LogP contribution < -0.4 is 0 Å². The molecule has 0 aromatic rings. The van der Waals surface area contributed by atoms with Crippen LogP contribution >= 0.6 is 11.5 Å². The minimum Gasteiger partial charge on any atom is -0.425 e. The van der Waals surface area contributed by atoms with Crippen LogP contribution in [0.5, 0.6) is 0 Å². The van der Waals surface area contributed by atoms with Crippen LogP contribution in [0, 0.1) is 0 Å². The van der Waals surface area contributed by atoms with Crippen molar-refractivity contribution in [3.63, 3.8) is 0 Å². The second kappa shape index (κ2) is 2.58. The van der Waals surface area contributed by atoms with Gasteiger partial charge in [-0.3, -0.25) is 11.5 Å². The van der Waals surface area contributed by atoms with Gasteiger partial charge in [0.1, 0.15) is 13.6 Å². The zero-order valence-electron chi connectivity index (χ0n) is 4.79. The molecule has 1 aliphatic rings. The molecule has 5 heteroatoms. The first kappa shape index (κ1) is 6.21. The van der Waals surface area contributed by atoms with Gasteiger partial charge in [-0.05, 0) is 7.05 Å². The van der Waals surface area contributed by atoms with E-state index in [0.717, 1.165) is 5.60 Å². The molecule has 1 rings (SSSR count). The van der Waals surface area contributed by atoms with Gasteiger partial charge in [0.05, 0.1) is 0 Å². The van der Waals surface area contributed by atoms with Crippen LogP contribution in [0.25, 0.3) is 0 Å². The summed E-state index contributed by atoms with van der Waals surface area (Å²) in [6.45, 7) is 5.81. The molecule has 3 radical (unpaired) electrons. The summed E-state index contributed by atoms with van der Waals surface area (Å²) in [5.41, 5.74) is 1.05. The van der Waals surface area contributed by atoms with E-state index in [9.17, 15) is 0 Å². The van der Waals surface area contributed by atoms with Gasteiger partial charge in [0.15, 0.2) is 0 Å². The summed E-state index contributed by atoms with van der Waals surface area (Å²) in [5, 5.41) is 0. The standard InChI is InChI=1S/C3H5B3NS/c1-3-4-5-8-6-7(3)2/h1H2,2H3. The van der Waals surface area contributed by atoms with Gasteiger partial charge in [-0.25, -0.2) is 0 Å². The molecular weight excluding hydrogens is 115 g/mol. The number of nitrogens with zero attached hydrogens (tertiary/aromatic N) is 1. The topological polar surface area (TPSA) is 3.24 Å². The van der Waals surface area contributed by atoms with E-state index in [-0.39, 0.29) is 0 Å². The molecule has 0 N–H and O–H groups in total. The number of hydrogen-bond acceptors (Lipinski definition) is 2. The van der Waals surface area contributed by atoms with Gasteiger partial charge in [0.25, 0.3) is 0 Å². The Hall–Kier alpha value is 0.0848. The Morgan fingerprint density at radius 3 is 2.88 bits per heavy atom. The van der Waals surface area contributed by atoms with Crippen LogP contribution in [0.3, 0.4) is 0 Å². The highest BCUT2D eigenvalue weighted by molar-refractivity contribution is 8.43. The summed E-state index contributed by atoms with van der Waals surface area (Å²) in [4.78, 5) is 1.99. The molecule has 0 aliphatic carbocycles. The van der Waals surface area contributed by atoms with Gasteiger partial charge in [0, 0.05) is 0 Å². The van der Waals surface area contributed by atoms with E-state index in [0.29, 0.717) is 0 Å². The second-order valence-electron chi connectivity index (χ2n) is 1.65. The molecule has 0 amide bonds. The first-order valence-electron chi connectivity index (χ1n) is 2.38. The van der Waals surface area contributed by atoms with Crippen LogP contribution in [0.1, 0.15) is 0 Å². The maximum absolute atomic E-state index is 3.79. The second-order valence-corrected chi connectivity index (χ2v) is 2.40. The fourth-order valence-electron chi connectivity index (χ4n) is 0.430. The predicted molar refractivity (Wildman–Crippen MR) is 41.8 cm³/mol. The highest BCUT2D eigenvalue weighted by atomic mass is 32.2. The van der Waals surface area contributed by atoms with E-state index in [1.807, 2.05) is 32.2 Å². The smallest absolute Gasteiger partial charge is 0.312 e. The summed E-state index contributed by atoms with van der Waals surface area (Å²) in [7, 11) is 3.98. The van der Waals surface area contributed by atoms with Crippen LogP contribution in [0.15, 0.2) is 12.2 Å². The van der Waals surface area contributed by atoms with Gasteiger partial charge in [0.2, 0.25) is 0 Å². The monoisotopic (exact) mass is 120 g/mol. The number of rotatable bonds is 0. The van der Waals surface area contributed by atoms with Gasteiger partial charge in [-0.15, -0.1) is 0 Å². The van der Waals surface area contributed by atoms with E-state index < -0.39 is 0 Å². The van der Waals surface area contributed by atoms with E-state index in [1.54, 1.807) is 11.5 Å². The molecule has 37 valence electrons. The summed E-state index contributed by atoms with van der Waals surface area (Å²) in [5.74, 6) is 0. The highest BCUT2D eigenvalue weighted by Crippen LogP contribution is 2.07. The highest BCUT2D eigenvalue weighted by Gasteiger charge is 2.11. The molecule has 1 nitrogen and oxygen atoms in total. The molecule has 1 fully saturated rings. The Bertz CT molecular complexity index is 107. The lowest BCUT2D eigenvalue weighted by Crippen LogP contribution is -2.31. The molecule has 0 unspecified atom stereocenters. The minimum atomic E-state index is 1.05. The fourth-order valence-corrected chi connectivity index (χ4v) is 1.05. The van der Waals surface area contributed by atoms with Crippen molar-refractivity contribution in [3.05, 3.63) is 12.2 Å². The van der Waals surface area contributed by atoms with E-state index in [2.05, 4.69) is 6.58 Å². The van der Waals surface area contributed by atoms with Crippen molar-refractivity contribution in [1.29, 1.82) is 0 Å². The normalized spacial score (nSPS) is 18.6. The Balaban J connectivity index is 2.39. The van der Waals surface area contributed by atoms with Gasteiger partial charge >= 0.3 is 6.69 Å². The molecule has 0 bridgehead atoms. The Morgan fingerprint density at radius 1 is 1.75 bits per heavy atom. The molecular formula is C3H5B3NS. The molecule has 1 heterocycles. The summed E-state index contributed by atoms with van der Waals surface area (Å²) in [6.07, 6.45) is 2.02. The van der Waals surface area contributed by atoms with Crippen molar-refractivity contribution in [1.82, 2.24) is 4.81 Å². The Kier molecular flexibility index (Phi) is 2.00. The van der Waals surface area contributed by atoms with Crippen molar-refractivity contribution in [2.24, 2.45) is 0 Å². The maximum Gasteiger partial charge on any atom is 0.312 e. The molecule has 0 aromatic carbocycles. The van der Waals surface area contributed by atoms with Crippen LogP contribution in [-0.4, -0.2) is 32.2 Å². The lowest BCUT2D eigenvalue weighted by atomic mass is 9.51. The summed E-state index contributed by atoms with van der Waals surface area (Å²) in [6, 6.07) is 0. The fraction of sp³-hybridized carbons (Fsp3) is 0.333. The first-order chi connectivity index (χ1) is 3.80. The lowest BCUT2D eigenvalue weighted by Gasteiger charge is -2.24. The quantitative estimate of drug-likeness (QED) is 0.410. The third-order valence-electron chi connectivity index (χ3n) is 1.01. The largest absolute Gasteiger partial charge is 0.425 e. The van der Waals surface area contributed by atoms with Crippen LogP contribution in [0.4, 0.5) is 0 Å².